The number of hydrogen-bond donors (Lipinski definition) is 1. The van der Waals surface area contributed by atoms with Crippen LogP contribution in [0.3, 0.4) is 0 Å². The number of nitrogens with zero attached hydrogens (tertiary/aromatic N) is 2. The van der Waals surface area contributed by atoms with E-state index in [-0.39, 0.29) is 11.5 Å². The first kappa shape index (κ1) is 18.3. The highest BCUT2D eigenvalue weighted by Crippen LogP contribution is 2.23. The summed E-state index contributed by atoms with van der Waals surface area (Å²) >= 11 is 7.20. The zero-order valence-electron chi connectivity index (χ0n) is 13.3. The fourth-order valence-corrected chi connectivity index (χ4v) is 3.20. The summed E-state index contributed by atoms with van der Waals surface area (Å²) in [4.78, 5) is 29.3. The highest BCUT2D eigenvalue weighted by Gasteiger charge is 2.18. The van der Waals surface area contributed by atoms with Gasteiger partial charge in [0, 0.05) is 18.1 Å². The van der Waals surface area contributed by atoms with Gasteiger partial charge in [-0.2, -0.15) is 0 Å². The second-order valence-corrected chi connectivity index (χ2v) is 6.80. The van der Waals surface area contributed by atoms with E-state index in [2.05, 4.69) is 23.5 Å². The number of benzene rings is 1. The van der Waals surface area contributed by atoms with Gasteiger partial charge in [0.25, 0.3) is 5.56 Å². The summed E-state index contributed by atoms with van der Waals surface area (Å²) in [5, 5.41) is 3.71. The molecule has 0 fully saturated rings. The number of aromatic nitrogens is 2. The Morgan fingerprint density at radius 3 is 2.88 bits per heavy atom. The van der Waals surface area contributed by atoms with Crippen LogP contribution in [0.1, 0.15) is 6.92 Å². The molecule has 0 aliphatic carbocycles. The Hall–Kier alpha value is -2.05. The van der Waals surface area contributed by atoms with Gasteiger partial charge in [-0.15, -0.1) is 13.2 Å². The molecule has 126 valence electrons. The number of amides is 1. The third-order valence-electron chi connectivity index (χ3n) is 3.26. The first-order valence-corrected chi connectivity index (χ1v) is 8.60. The van der Waals surface area contributed by atoms with E-state index >= 15 is 0 Å². The molecular weight excluding hydrogens is 346 g/mol. The zero-order valence-corrected chi connectivity index (χ0v) is 14.9. The van der Waals surface area contributed by atoms with Gasteiger partial charge in [0.15, 0.2) is 5.16 Å². The van der Waals surface area contributed by atoms with Gasteiger partial charge in [-0.3, -0.25) is 14.2 Å². The highest BCUT2D eigenvalue weighted by atomic mass is 35.5. The maximum Gasteiger partial charge on any atom is 0.262 e. The van der Waals surface area contributed by atoms with E-state index in [4.69, 9.17) is 11.6 Å². The Morgan fingerprint density at radius 2 is 2.21 bits per heavy atom. The van der Waals surface area contributed by atoms with E-state index < -0.39 is 5.25 Å². The summed E-state index contributed by atoms with van der Waals surface area (Å²) in [5.41, 5.74) is 0.342. The quantitative estimate of drug-likeness (QED) is 0.466. The lowest BCUT2D eigenvalue weighted by atomic mass is 10.2. The standard InChI is InChI=1S/C17H18ClN3O2S/c1-4-8-19-15(22)11(3)24-17-20-14-7-6-12(18)10-13(14)16(23)21(17)9-5-2/h4-7,10-11H,1-2,8-9H2,3H3,(H,19,22)/t11-/m1/s1. The molecule has 1 amide bonds. The Kier molecular flexibility index (Phi) is 6.23. The summed E-state index contributed by atoms with van der Waals surface area (Å²) in [6.45, 7) is 9.71. The second-order valence-electron chi connectivity index (χ2n) is 5.05. The van der Waals surface area contributed by atoms with Crippen LogP contribution in [-0.4, -0.2) is 27.3 Å². The fraction of sp³-hybridized carbons (Fsp3) is 0.235. The van der Waals surface area contributed by atoms with Crippen molar-refractivity contribution in [1.82, 2.24) is 14.9 Å². The van der Waals surface area contributed by atoms with Crippen LogP contribution in [0.5, 0.6) is 0 Å². The SMILES string of the molecule is C=CCNC(=O)[C@@H](C)Sc1nc2ccc(Cl)cc2c(=O)n1CC=C. The zero-order chi connectivity index (χ0) is 17.7. The number of carbonyl (C=O) groups is 1. The second kappa shape index (κ2) is 8.17. The molecule has 1 heterocycles. The van der Waals surface area contributed by atoms with Gasteiger partial charge in [-0.25, -0.2) is 4.98 Å². The minimum atomic E-state index is -0.405. The van der Waals surface area contributed by atoms with Gasteiger partial charge in [0.1, 0.15) is 0 Å². The van der Waals surface area contributed by atoms with Crippen LogP contribution in [0.2, 0.25) is 5.02 Å². The molecule has 1 atom stereocenters. The largest absolute Gasteiger partial charge is 0.352 e. The Balaban J connectivity index is 2.44. The number of rotatable bonds is 7. The van der Waals surface area contributed by atoms with Crippen LogP contribution in [0.25, 0.3) is 10.9 Å². The fourth-order valence-electron chi connectivity index (χ4n) is 2.08. The lowest BCUT2D eigenvalue weighted by molar-refractivity contribution is -0.120. The molecule has 0 aliphatic rings. The van der Waals surface area contributed by atoms with Crippen molar-refractivity contribution in [3.05, 3.63) is 58.9 Å². The van der Waals surface area contributed by atoms with E-state index in [9.17, 15) is 9.59 Å². The van der Waals surface area contributed by atoms with Crippen molar-refractivity contribution >= 4 is 40.2 Å². The lowest BCUT2D eigenvalue weighted by Crippen LogP contribution is -2.32. The third kappa shape index (κ3) is 4.07. The number of nitrogens with one attached hydrogen (secondary N) is 1. The van der Waals surface area contributed by atoms with Gasteiger partial charge in [0.2, 0.25) is 5.91 Å². The van der Waals surface area contributed by atoms with Gasteiger partial charge < -0.3 is 5.32 Å². The first-order valence-electron chi connectivity index (χ1n) is 7.34. The van der Waals surface area contributed by atoms with E-state index in [1.54, 1.807) is 37.3 Å². The summed E-state index contributed by atoms with van der Waals surface area (Å²) < 4.78 is 1.49. The average Bonchev–Trinajstić information content (AvgIpc) is 2.56. The third-order valence-corrected chi connectivity index (χ3v) is 4.59. The maximum atomic E-state index is 12.7. The van der Waals surface area contributed by atoms with Crippen LogP contribution in [-0.2, 0) is 11.3 Å². The minimum absolute atomic E-state index is 0.143. The Bertz CT molecular complexity index is 848. The highest BCUT2D eigenvalue weighted by molar-refractivity contribution is 8.00. The molecular formula is C17H18ClN3O2S. The molecule has 0 aliphatic heterocycles. The molecule has 2 rings (SSSR count). The topological polar surface area (TPSA) is 64.0 Å². The molecule has 7 heteroatoms. The van der Waals surface area contributed by atoms with Crippen molar-refractivity contribution < 1.29 is 4.79 Å². The molecule has 0 unspecified atom stereocenters. The van der Waals surface area contributed by atoms with Gasteiger partial charge in [0.05, 0.1) is 16.2 Å². The molecule has 0 bridgehead atoms. The van der Waals surface area contributed by atoms with Crippen LogP contribution in [0.4, 0.5) is 0 Å². The van der Waals surface area contributed by atoms with Gasteiger partial charge in [-0.05, 0) is 25.1 Å². The number of thioether (sulfide) groups is 1. The Morgan fingerprint density at radius 1 is 1.46 bits per heavy atom. The molecule has 0 saturated heterocycles. The molecule has 5 nitrogen and oxygen atoms in total. The predicted molar refractivity (Wildman–Crippen MR) is 99.7 cm³/mol. The lowest BCUT2D eigenvalue weighted by Gasteiger charge is -2.15. The number of fused-ring (bicyclic) bond motifs is 1. The number of carbonyl (C=O) groups excluding carboxylic acids is 1. The van der Waals surface area contributed by atoms with Crippen molar-refractivity contribution in [3.8, 4) is 0 Å². The monoisotopic (exact) mass is 363 g/mol. The number of halogens is 1. The summed E-state index contributed by atoms with van der Waals surface area (Å²) in [5.74, 6) is -0.143. The van der Waals surface area contributed by atoms with Crippen molar-refractivity contribution in [2.24, 2.45) is 0 Å². The van der Waals surface area contributed by atoms with Gasteiger partial charge >= 0.3 is 0 Å². The van der Waals surface area contributed by atoms with E-state index in [0.29, 0.717) is 34.2 Å². The van der Waals surface area contributed by atoms with Crippen LogP contribution < -0.4 is 10.9 Å². The molecule has 0 spiro atoms. The van der Waals surface area contributed by atoms with Crippen molar-refractivity contribution in [1.29, 1.82) is 0 Å². The number of hydrogen-bond acceptors (Lipinski definition) is 4. The average molecular weight is 364 g/mol. The molecule has 0 radical (unpaired) electrons. The van der Waals surface area contributed by atoms with Gasteiger partial charge in [-0.1, -0.05) is 35.5 Å². The maximum absolute atomic E-state index is 12.7. The molecule has 1 aromatic carbocycles. The summed E-state index contributed by atoms with van der Waals surface area (Å²) in [6, 6.07) is 4.98. The summed E-state index contributed by atoms with van der Waals surface area (Å²) in [7, 11) is 0. The van der Waals surface area contributed by atoms with Crippen molar-refractivity contribution in [2.75, 3.05) is 6.54 Å². The van der Waals surface area contributed by atoms with E-state index in [0.717, 1.165) is 0 Å². The van der Waals surface area contributed by atoms with Crippen molar-refractivity contribution in [2.45, 2.75) is 23.9 Å². The number of allylic oxidation sites excluding steroid dienone is 1. The Labute approximate surface area is 149 Å². The molecule has 2 aromatic rings. The smallest absolute Gasteiger partial charge is 0.262 e. The van der Waals surface area contributed by atoms with Crippen LogP contribution in [0.15, 0.2) is 53.5 Å². The van der Waals surface area contributed by atoms with Crippen LogP contribution >= 0.6 is 23.4 Å². The molecule has 24 heavy (non-hydrogen) atoms. The van der Waals surface area contributed by atoms with E-state index in [1.165, 1.54) is 16.3 Å². The molecule has 1 N–H and O–H groups in total. The first-order chi connectivity index (χ1) is 11.5. The minimum Gasteiger partial charge on any atom is -0.352 e. The van der Waals surface area contributed by atoms with Crippen LogP contribution in [0, 0.1) is 0 Å². The normalized spacial score (nSPS) is 11.9. The summed E-state index contributed by atoms with van der Waals surface area (Å²) in [6.07, 6.45) is 3.23. The molecule has 1 aromatic heterocycles. The predicted octanol–water partition coefficient (Wildman–Crippen LogP) is 3.02. The van der Waals surface area contributed by atoms with Crippen molar-refractivity contribution in [3.63, 3.8) is 0 Å². The van der Waals surface area contributed by atoms with E-state index in [1.807, 2.05) is 0 Å². The molecule has 0 saturated carbocycles.